The Morgan fingerprint density at radius 1 is 1.36 bits per heavy atom. The summed E-state index contributed by atoms with van der Waals surface area (Å²) in [7, 11) is 0. The van der Waals surface area contributed by atoms with E-state index in [0.717, 1.165) is 0 Å². The summed E-state index contributed by atoms with van der Waals surface area (Å²) in [5.41, 5.74) is -1.33. The lowest BCUT2D eigenvalue weighted by Crippen LogP contribution is -2.51. The molecule has 1 heterocycles. The molecular weight excluding hydrogens is 286 g/mol. The zero-order chi connectivity index (χ0) is 17.1. The molecule has 1 saturated heterocycles. The van der Waals surface area contributed by atoms with Gasteiger partial charge in [0.25, 0.3) is 0 Å². The van der Waals surface area contributed by atoms with E-state index >= 15 is 0 Å². The average Bonchev–Trinajstić information content (AvgIpc) is 2.62. The summed E-state index contributed by atoms with van der Waals surface area (Å²) < 4.78 is 16.2. The van der Waals surface area contributed by atoms with E-state index < -0.39 is 17.4 Å². The SMILES string of the molecule is CCOC(=O)CC(C)C1COC(C)(C)N1C(=O)OC(C)(C)C. The normalized spacial score (nSPS) is 22.3. The molecule has 6 heteroatoms. The van der Waals surface area contributed by atoms with Gasteiger partial charge in [-0.25, -0.2) is 4.79 Å². The summed E-state index contributed by atoms with van der Waals surface area (Å²) in [4.78, 5) is 25.8. The van der Waals surface area contributed by atoms with Crippen LogP contribution in [0.2, 0.25) is 0 Å². The van der Waals surface area contributed by atoms with Crippen molar-refractivity contribution in [2.24, 2.45) is 5.92 Å². The Bertz CT molecular complexity index is 413. The fourth-order valence-corrected chi connectivity index (χ4v) is 2.54. The minimum Gasteiger partial charge on any atom is -0.466 e. The Morgan fingerprint density at radius 2 is 1.95 bits per heavy atom. The van der Waals surface area contributed by atoms with E-state index in [9.17, 15) is 9.59 Å². The van der Waals surface area contributed by atoms with Crippen LogP contribution in [0.25, 0.3) is 0 Å². The predicted molar refractivity (Wildman–Crippen MR) is 82.3 cm³/mol. The van der Waals surface area contributed by atoms with Gasteiger partial charge in [-0.3, -0.25) is 9.69 Å². The monoisotopic (exact) mass is 315 g/mol. The van der Waals surface area contributed by atoms with Gasteiger partial charge in [-0.15, -0.1) is 0 Å². The summed E-state index contributed by atoms with van der Waals surface area (Å²) in [5.74, 6) is -0.336. The average molecular weight is 315 g/mol. The molecule has 0 saturated carbocycles. The quantitative estimate of drug-likeness (QED) is 0.746. The minimum atomic E-state index is -0.754. The number of hydrogen-bond acceptors (Lipinski definition) is 5. The standard InChI is InChI=1S/C16H29NO5/c1-8-20-13(18)9-11(2)12-10-21-16(6,7)17(12)14(19)22-15(3,4)5/h11-12H,8-10H2,1-7H3. The molecule has 128 valence electrons. The van der Waals surface area contributed by atoms with Gasteiger partial charge in [-0.05, 0) is 47.5 Å². The molecule has 1 rings (SSSR count). The maximum absolute atomic E-state index is 12.5. The number of ether oxygens (including phenoxy) is 3. The molecule has 0 spiro atoms. The highest BCUT2D eigenvalue weighted by atomic mass is 16.6. The summed E-state index contributed by atoms with van der Waals surface area (Å²) in [5, 5.41) is 0. The van der Waals surface area contributed by atoms with Crippen LogP contribution in [0.1, 0.15) is 54.9 Å². The number of nitrogens with zero attached hydrogens (tertiary/aromatic N) is 1. The third-order valence-corrected chi connectivity index (χ3v) is 3.56. The first-order valence-electron chi connectivity index (χ1n) is 7.80. The summed E-state index contributed by atoms with van der Waals surface area (Å²) in [6.45, 7) is 13.6. The molecule has 0 aromatic carbocycles. The van der Waals surface area contributed by atoms with Crippen molar-refractivity contribution in [1.82, 2.24) is 4.90 Å². The van der Waals surface area contributed by atoms with E-state index in [2.05, 4.69) is 0 Å². The lowest BCUT2D eigenvalue weighted by atomic mass is 9.97. The summed E-state index contributed by atoms with van der Waals surface area (Å²) in [6.07, 6.45) is -0.173. The van der Waals surface area contributed by atoms with Gasteiger partial charge in [0, 0.05) is 0 Å². The Kier molecular flexibility index (Phi) is 5.84. The lowest BCUT2D eigenvalue weighted by Gasteiger charge is -2.36. The second-order valence-corrected chi connectivity index (χ2v) is 7.16. The first-order valence-corrected chi connectivity index (χ1v) is 7.80. The molecule has 22 heavy (non-hydrogen) atoms. The van der Waals surface area contributed by atoms with Gasteiger partial charge < -0.3 is 14.2 Å². The molecule has 1 aliphatic rings. The van der Waals surface area contributed by atoms with E-state index in [1.54, 1.807) is 11.8 Å². The van der Waals surface area contributed by atoms with Gasteiger partial charge in [-0.2, -0.15) is 0 Å². The molecule has 2 atom stereocenters. The van der Waals surface area contributed by atoms with Crippen LogP contribution in [-0.2, 0) is 19.0 Å². The number of carbonyl (C=O) groups is 2. The largest absolute Gasteiger partial charge is 0.466 e. The molecule has 1 amide bonds. The van der Waals surface area contributed by atoms with Crippen LogP contribution in [0.15, 0.2) is 0 Å². The van der Waals surface area contributed by atoms with Gasteiger partial charge in [0.05, 0.1) is 25.7 Å². The maximum Gasteiger partial charge on any atom is 0.412 e. The lowest BCUT2D eigenvalue weighted by molar-refractivity contribution is -0.144. The third-order valence-electron chi connectivity index (χ3n) is 3.56. The van der Waals surface area contributed by atoms with Crippen LogP contribution in [0.5, 0.6) is 0 Å². The Hall–Kier alpha value is -1.30. The van der Waals surface area contributed by atoms with Gasteiger partial charge in [0.15, 0.2) is 0 Å². The van der Waals surface area contributed by atoms with Crippen molar-refractivity contribution in [2.75, 3.05) is 13.2 Å². The molecular formula is C16H29NO5. The second kappa shape index (κ2) is 6.86. The van der Waals surface area contributed by atoms with Gasteiger partial charge in [0.2, 0.25) is 0 Å². The maximum atomic E-state index is 12.5. The Labute approximate surface area is 133 Å². The Balaban J connectivity index is 2.84. The topological polar surface area (TPSA) is 65.1 Å². The molecule has 0 aliphatic carbocycles. The van der Waals surface area contributed by atoms with Crippen LogP contribution < -0.4 is 0 Å². The third kappa shape index (κ3) is 4.87. The van der Waals surface area contributed by atoms with Crippen molar-refractivity contribution in [3.63, 3.8) is 0 Å². The molecule has 0 radical (unpaired) electrons. The van der Waals surface area contributed by atoms with Crippen LogP contribution >= 0.6 is 0 Å². The molecule has 0 aromatic rings. The molecule has 2 unspecified atom stereocenters. The van der Waals surface area contributed by atoms with E-state index in [4.69, 9.17) is 14.2 Å². The van der Waals surface area contributed by atoms with E-state index in [-0.39, 0.29) is 24.3 Å². The first-order chi connectivity index (χ1) is 9.98. The van der Waals surface area contributed by atoms with Crippen molar-refractivity contribution in [2.45, 2.75) is 72.3 Å². The van der Waals surface area contributed by atoms with Crippen molar-refractivity contribution < 1.29 is 23.8 Å². The smallest absolute Gasteiger partial charge is 0.412 e. The van der Waals surface area contributed by atoms with Crippen molar-refractivity contribution >= 4 is 12.1 Å². The number of hydrogen-bond donors (Lipinski definition) is 0. The van der Waals surface area contributed by atoms with Crippen molar-refractivity contribution in [3.05, 3.63) is 0 Å². The fraction of sp³-hybridized carbons (Fsp3) is 0.875. The summed E-state index contributed by atoms with van der Waals surface area (Å²) >= 11 is 0. The fourth-order valence-electron chi connectivity index (χ4n) is 2.54. The zero-order valence-electron chi connectivity index (χ0n) is 14.8. The minimum absolute atomic E-state index is 0.0756. The van der Waals surface area contributed by atoms with E-state index in [1.807, 2.05) is 41.5 Å². The molecule has 6 nitrogen and oxygen atoms in total. The highest BCUT2D eigenvalue weighted by Crippen LogP contribution is 2.33. The van der Waals surface area contributed by atoms with Crippen LogP contribution in [0.4, 0.5) is 4.79 Å². The number of carbonyl (C=O) groups excluding carboxylic acids is 2. The Morgan fingerprint density at radius 3 is 2.45 bits per heavy atom. The van der Waals surface area contributed by atoms with Crippen LogP contribution in [0.3, 0.4) is 0 Å². The van der Waals surface area contributed by atoms with E-state index in [1.165, 1.54) is 0 Å². The van der Waals surface area contributed by atoms with Crippen molar-refractivity contribution in [3.8, 4) is 0 Å². The number of esters is 1. The van der Waals surface area contributed by atoms with Crippen molar-refractivity contribution in [1.29, 1.82) is 0 Å². The van der Waals surface area contributed by atoms with Crippen LogP contribution in [0, 0.1) is 5.92 Å². The highest BCUT2D eigenvalue weighted by Gasteiger charge is 2.47. The molecule has 1 fully saturated rings. The second-order valence-electron chi connectivity index (χ2n) is 7.16. The van der Waals surface area contributed by atoms with Gasteiger partial charge in [-0.1, -0.05) is 6.92 Å². The van der Waals surface area contributed by atoms with Crippen LogP contribution in [-0.4, -0.2) is 47.5 Å². The molecule has 1 aliphatic heterocycles. The molecule has 0 bridgehead atoms. The molecule has 0 aromatic heterocycles. The highest BCUT2D eigenvalue weighted by molar-refractivity contribution is 5.71. The summed E-state index contributed by atoms with van der Waals surface area (Å²) in [6, 6.07) is -0.214. The molecule has 0 N–H and O–H groups in total. The number of amides is 1. The predicted octanol–water partition coefficient (Wildman–Crippen LogP) is 2.95. The zero-order valence-corrected chi connectivity index (χ0v) is 14.8. The number of rotatable bonds is 4. The van der Waals surface area contributed by atoms with Gasteiger partial charge >= 0.3 is 12.1 Å². The van der Waals surface area contributed by atoms with E-state index in [0.29, 0.717) is 13.2 Å². The van der Waals surface area contributed by atoms with Gasteiger partial charge in [0.1, 0.15) is 11.3 Å². The first kappa shape index (κ1) is 18.7.